The number of aromatic nitrogens is 2. The molecule has 3 rings (SSSR count). The molecule has 4 nitrogen and oxygen atoms in total. The molecular weight excluding hydrogens is 252 g/mol. The molecule has 0 amide bonds. The molecule has 0 saturated heterocycles. The molecule has 0 spiro atoms. The van der Waals surface area contributed by atoms with E-state index >= 15 is 0 Å². The number of hydrogen-bond acceptors (Lipinski definition) is 3. The summed E-state index contributed by atoms with van der Waals surface area (Å²) in [5, 5.41) is 10.5. The fourth-order valence-corrected chi connectivity index (χ4v) is 2.28. The summed E-state index contributed by atoms with van der Waals surface area (Å²) in [6.07, 6.45) is 2.48. The molecule has 0 aliphatic rings. The lowest BCUT2D eigenvalue weighted by molar-refractivity contribution is 0.475. The first-order valence-corrected chi connectivity index (χ1v) is 6.49. The van der Waals surface area contributed by atoms with Gasteiger partial charge in [0, 0.05) is 17.6 Å². The summed E-state index contributed by atoms with van der Waals surface area (Å²) in [4.78, 5) is 16.0. The molecule has 100 valence electrons. The molecule has 0 atom stereocenters. The molecule has 0 unspecified atom stereocenters. The normalized spacial score (nSPS) is 10.8. The van der Waals surface area contributed by atoms with Gasteiger partial charge in [-0.25, -0.2) is 9.78 Å². The molecule has 0 radical (unpaired) electrons. The third-order valence-corrected chi connectivity index (χ3v) is 3.34. The highest BCUT2D eigenvalue weighted by Gasteiger charge is 2.07. The van der Waals surface area contributed by atoms with Crippen LogP contribution < -0.4 is 5.69 Å². The van der Waals surface area contributed by atoms with Crippen molar-refractivity contribution in [2.75, 3.05) is 0 Å². The number of benzene rings is 2. The Kier molecular flexibility index (Phi) is 2.99. The van der Waals surface area contributed by atoms with Crippen LogP contribution in [0.25, 0.3) is 16.6 Å². The zero-order valence-electron chi connectivity index (χ0n) is 11.1. The van der Waals surface area contributed by atoms with Crippen LogP contribution in [0.3, 0.4) is 0 Å². The van der Waals surface area contributed by atoms with Gasteiger partial charge in [-0.1, -0.05) is 25.1 Å². The van der Waals surface area contributed by atoms with Gasteiger partial charge in [0.25, 0.3) is 0 Å². The van der Waals surface area contributed by atoms with E-state index in [9.17, 15) is 9.90 Å². The van der Waals surface area contributed by atoms with Crippen molar-refractivity contribution < 1.29 is 5.11 Å². The minimum absolute atomic E-state index is 0.123. The third-order valence-electron chi connectivity index (χ3n) is 3.34. The number of rotatable bonds is 2. The average Bonchev–Trinajstić information content (AvgIpc) is 2.46. The maximum absolute atomic E-state index is 12.1. The highest BCUT2D eigenvalue weighted by Crippen LogP contribution is 2.20. The SMILES string of the molecule is CCc1ccc2cnc(=O)n(-c3cccc(O)c3)c2c1. The van der Waals surface area contributed by atoms with Crippen LogP contribution in [0.15, 0.2) is 53.5 Å². The van der Waals surface area contributed by atoms with E-state index in [2.05, 4.69) is 11.9 Å². The second kappa shape index (κ2) is 4.81. The molecule has 2 aromatic carbocycles. The largest absolute Gasteiger partial charge is 0.508 e. The van der Waals surface area contributed by atoms with Crippen molar-refractivity contribution in [1.82, 2.24) is 9.55 Å². The molecule has 0 saturated carbocycles. The van der Waals surface area contributed by atoms with Crippen molar-refractivity contribution in [3.8, 4) is 11.4 Å². The first kappa shape index (κ1) is 12.4. The first-order valence-electron chi connectivity index (χ1n) is 6.49. The Hall–Kier alpha value is -2.62. The van der Waals surface area contributed by atoms with Crippen molar-refractivity contribution in [3.05, 3.63) is 64.7 Å². The second-order valence-electron chi connectivity index (χ2n) is 4.64. The zero-order chi connectivity index (χ0) is 14.1. The number of hydrogen-bond donors (Lipinski definition) is 1. The molecule has 0 bridgehead atoms. The number of fused-ring (bicyclic) bond motifs is 1. The van der Waals surface area contributed by atoms with E-state index in [4.69, 9.17) is 0 Å². The zero-order valence-corrected chi connectivity index (χ0v) is 11.1. The van der Waals surface area contributed by atoms with E-state index in [-0.39, 0.29) is 11.4 Å². The van der Waals surface area contributed by atoms with Crippen LogP contribution in [-0.4, -0.2) is 14.7 Å². The summed E-state index contributed by atoms with van der Waals surface area (Å²) in [5.74, 6) is 0.123. The first-order chi connectivity index (χ1) is 9.69. The topological polar surface area (TPSA) is 55.1 Å². The van der Waals surface area contributed by atoms with Crippen molar-refractivity contribution in [1.29, 1.82) is 0 Å². The Morgan fingerprint density at radius 1 is 1.20 bits per heavy atom. The van der Waals surface area contributed by atoms with E-state index in [1.54, 1.807) is 30.5 Å². The van der Waals surface area contributed by atoms with Gasteiger partial charge >= 0.3 is 5.69 Å². The molecular formula is C16H14N2O2. The van der Waals surface area contributed by atoms with E-state index in [1.807, 2.05) is 18.2 Å². The molecule has 4 heteroatoms. The summed E-state index contributed by atoms with van der Waals surface area (Å²) in [6, 6.07) is 12.6. The maximum atomic E-state index is 12.1. The minimum atomic E-state index is -0.351. The van der Waals surface area contributed by atoms with E-state index in [1.165, 1.54) is 4.57 Å². The summed E-state index contributed by atoms with van der Waals surface area (Å²) >= 11 is 0. The van der Waals surface area contributed by atoms with Crippen molar-refractivity contribution in [2.45, 2.75) is 13.3 Å². The minimum Gasteiger partial charge on any atom is -0.508 e. The Morgan fingerprint density at radius 2 is 2.05 bits per heavy atom. The summed E-state index contributed by atoms with van der Waals surface area (Å²) < 4.78 is 1.52. The van der Waals surface area contributed by atoms with Crippen LogP contribution in [0.5, 0.6) is 5.75 Å². The van der Waals surface area contributed by atoms with Gasteiger partial charge in [0.2, 0.25) is 0 Å². The van der Waals surface area contributed by atoms with Gasteiger partial charge in [-0.2, -0.15) is 0 Å². The van der Waals surface area contributed by atoms with Gasteiger partial charge in [0.1, 0.15) is 5.75 Å². The monoisotopic (exact) mass is 266 g/mol. The van der Waals surface area contributed by atoms with Crippen LogP contribution in [0, 0.1) is 0 Å². The number of phenols is 1. The van der Waals surface area contributed by atoms with Crippen molar-refractivity contribution >= 4 is 10.9 Å². The molecule has 0 aliphatic heterocycles. The molecule has 3 aromatic rings. The Balaban J connectivity index is 2.38. The Morgan fingerprint density at radius 3 is 2.80 bits per heavy atom. The van der Waals surface area contributed by atoms with E-state index in [0.717, 1.165) is 22.9 Å². The molecule has 1 aromatic heterocycles. The molecule has 20 heavy (non-hydrogen) atoms. The molecule has 1 N–H and O–H groups in total. The van der Waals surface area contributed by atoms with Crippen molar-refractivity contribution in [3.63, 3.8) is 0 Å². The maximum Gasteiger partial charge on any atom is 0.352 e. The lowest BCUT2D eigenvalue weighted by Gasteiger charge is -2.10. The molecule has 0 fully saturated rings. The third kappa shape index (κ3) is 2.05. The van der Waals surface area contributed by atoms with Crippen LogP contribution in [-0.2, 0) is 6.42 Å². The Bertz CT molecular complexity index is 837. The van der Waals surface area contributed by atoms with Gasteiger partial charge in [-0.15, -0.1) is 0 Å². The van der Waals surface area contributed by atoms with Crippen molar-refractivity contribution in [2.24, 2.45) is 0 Å². The summed E-state index contributed by atoms with van der Waals surface area (Å²) in [5.41, 5.74) is 2.21. The Labute approximate surface area is 116 Å². The predicted molar refractivity (Wildman–Crippen MR) is 78.4 cm³/mol. The van der Waals surface area contributed by atoms with Gasteiger partial charge in [0.05, 0.1) is 11.2 Å². The summed E-state index contributed by atoms with van der Waals surface area (Å²) in [7, 11) is 0. The fraction of sp³-hybridized carbons (Fsp3) is 0.125. The number of nitrogens with zero attached hydrogens (tertiary/aromatic N) is 2. The van der Waals surface area contributed by atoms with Gasteiger partial charge in [-0.05, 0) is 30.2 Å². The second-order valence-corrected chi connectivity index (χ2v) is 4.64. The molecule has 0 aliphatic carbocycles. The lowest BCUT2D eigenvalue weighted by atomic mass is 10.1. The highest BCUT2D eigenvalue weighted by atomic mass is 16.3. The smallest absolute Gasteiger partial charge is 0.352 e. The predicted octanol–water partition coefficient (Wildman–Crippen LogP) is 2.65. The van der Waals surface area contributed by atoms with Crippen LogP contribution >= 0.6 is 0 Å². The van der Waals surface area contributed by atoms with Crippen LogP contribution in [0.2, 0.25) is 0 Å². The van der Waals surface area contributed by atoms with Gasteiger partial charge in [0.15, 0.2) is 0 Å². The number of aromatic hydroxyl groups is 1. The van der Waals surface area contributed by atoms with Crippen LogP contribution in [0.1, 0.15) is 12.5 Å². The average molecular weight is 266 g/mol. The number of phenolic OH excluding ortho intramolecular Hbond substituents is 1. The fourth-order valence-electron chi connectivity index (χ4n) is 2.28. The standard InChI is InChI=1S/C16H14N2O2/c1-2-11-6-7-12-10-17-16(20)18(15(12)8-11)13-4-3-5-14(19)9-13/h3-10,19H,2H2,1H3. The van der Waals surface area contributed by atoms with E-state index < -0.39 is 0 Å². The quantitative estimate of drug-likeness (QED) is 0.775. The highest BCUT2D eigenvalue weighted by molar-refractivity contribution is 5.80. The summed E-state index contributed by atoms with van der Waals surface area (Å²) in [6.45, 7) is 2.07. The van der Waals surface area contributed by atoms with Crippen LogP contribution in [0.4, 0.5) is 0 Å². The van der Waals surface area contributed by atoms with E-state index in [0.29, 0.717) is 5.69 Å². The number of aryl methyl sites for hydroxylation is 1. The van der Waals surface area contributed by atoms with Gasteiger partial charge in [-0.3, -0.25) is 4.57 Å². The lowest BCUT2D eigenvalue weighted by Crippen LogP contribution is -2.21. The molecule has 1 heterocycles. The van der Waals surface area contributed by atoms with Gasteiger partial charge < -0.3 is 5.11 Å².